The third-order valence-corrected chi connectivity index (χ3v) is 4.35. The Balaban J connectivity index is 1.97. The highest BCUT2D eigenvalue weighted by molar-refractivity contribution is 5.23. The van der Waals surface area contributed by atoms with Gasteiger partial charge < -0.3 is 10.2 Å². The first-order chi connectivity index (χ1) is 9.41. The fourth-order valence-corrected chi connectivity index (χ4v) is 3.30. The molecule has 0 radical (unpaired) electrons. The van der Waals surface area contributed by atoms with E-state index in [-0.39, 0.29) is 0 Å². The normalized spacial score (nSPS) is 21.1. The Kier molecular flexibility index (Phi) is 4.66. The summed E-state index contributed by atoms with van der Waals surface area (Å²) in [6.45, 7) is 5.90. The second kappa shape index (κ2) is 6.11. The molecule has 0 saturated heterocycles. The van der Waals surface area contributed by atoms with Crippen LogP contribution in [0.5, 0.6) is 0 Å². The first-order valence-electron chi connectivity index (χ1n) is 7.58. The number of aliphatic hydroxyl groups is 2. The molecule has 2 rings (SSSR count). The quantitative estimate of drug-likeness (QED) is 0.799. The Morgan fingerprint density at radius 2 is 1.80 bits per heavy atom. The molecule has 2 heteroatoms. The maximum atomic E-state index is 10.6. The Bertz CT molecular complexity index is 442. The fraction of sp³-hybridized carbons (Fsp3) is 0.556. The maximum Gasteiger partial charge on any atom is 0.0905 e. The van der Waals surface area contributed by atoms with E-state index in [0.717, 1.165) is 36.8 Å². The smallest absolute Gasteiger partial charge is 0.0905 e. The second-order valence-electron chi connectivity index (χ2n) is 6.53. The minimum Gasteiger partial charge on any atom is -0.390 e. The van der Waals surface area contributed by atoms with Crippen molar-refractivity contribution >= 4 is 0 Å². The van der Waals surface area contributed by atoms with Crippen molar-refractivity contribution < 1.29 is 10.2 Å². The Hall–Kier alpha value is -1.12. The van der Waals surface area contributed by atoms with E-state index in [9.17, 15) is 10.2 Å². The summed E-state index contributed by atoms with van der Waals surface area (Å²) in [5.41, 5.74) is 0.325. The van der Waals surface area contributed by atoms with Crippen molar-refractivity contribution in [3.05, 3.63) is 48.0 Å². The summed E-state index contributed by atoms with van der Waals surface area (Å²) >= 11 is 0. The highest BCUT2D eigenvalue weighted by Gasteiger charge is 2.32. The molecular formula is C18H26O2. The summed E-state index contributed by atoms with van der Waals surface area (Å²) in [4.78, 5) is 0. The molecule has 1 atom stereocenters. The Morgan fingerprint density at radius 1 is 1.20 bits per heavy atom. The van der Waals surface area contributed by atoms with Gasteiger partial charge in [0.25, 0.3) is 0 Å². The molecule has 0 heterocycles. The molecule has 1 aromatic rings. The average molecular weight is 274 g/mol. The number of hydrogen-bond acceptors (Lipinski definition) is 2. The highest BCUT2D eigenvalue weighted by Crippen LogP contribution is 2.36. The van der Waals surface area contributed by atoms with Crippen LogP contribution < -0.4 is 0 Å². The van der Waals surface area contributed by atoms with Crippen LogP contribution in [0.15, 0.2) is 42.5 Å². The average Bonchev–Trinajstić information content (AvgIpc) is 2.39. The predicted molar refractivity (Wildman–Crippen MR) is 82.4 cm³/mol. The van der Waals surface area contributed by atoms with Gasteiger partial charge in [-0.15, -0.1) is 0 Å². The standard InChI is InChI=1S/C18H26O2/c1-15(14-18(20)11-7-4-8-12-18)13-17(2,19)16-9-5-3-6-10-16/h3,5-6,9-10,19-20H,1,4,7-8,11-14H2,2H3. The maximum absolute atomic E-state index is 10.6. The van der Waals surface area contributed by atoms with Crippen LogP contribution in [-0.2, 0) is 5.60 Å². The number of hydrogen-bond donors (Lipinski definition) is 2. The number of benzene rings is 1. The van der Waals surface area contributed by atoms with Gasteiger partial charge in [0.15, 0.2) is 0 Å². The molecular weight excluding hydrogens is 248 g/mol. The lowest BCUT2D eigenvalue weighted by Crippen LogP contribution is -2.33. The zero-order valence-corrected chi connectivity index (χ0v) is 12.4. The molecule has 0 aromatic heterocycles. The molecule has 0 spiro atoms. The molecule has 2 N–H and O–H groups in total. The van der Waals surface area contributed by atoms with Crippen molar-refractivity contribution in [2.75, 3.05) is 0 Å². The van der Waals surface area contributed by atoms with Gasteiger partial charge in [-0.05, 0) is 31.7 Å². The monoisotopic (exact) mass is 274 g/mol. The van der Waals surface area contributed by atoms with Gasteiger partial charge in [-0.1, -0.05) is 61.7 Å². The van der Waals surface area contributed by atoms with E-state index in [1.165, 1.54) is 6.42 Å². The zero-order valence-electron chi connectivity index (χ0n) is 12.4. The first kappa shape index (κ1) is 15.3. The molecule has 20 heavy (non-hydrogen) atoms. The topological polar surface area (TPSA) is 40.5 Å². The van der Waals surface area contributed by atoms with Crippen LogP contribution in [0.3, 0.4) is 0 Å². The Morgan fingerprint density at radius 3 is 2.40 bits per heavy atom. The van der Waals surface area contributed by atoms with Gasteiger partial charge in [-0.3, -0.25) is 0 Å². The van der Waals surface area contributed by atoms with Crippen molar-refractivity contribution in [1.29, 1.82) is 0 Å². The second-order valence-corrected chi connectivity index (χ2v) is 6.53. The van der Waals surface area contributed by atoms with Crippen LogP contribution in [0.2, 0.25) is 0 Å². The number of rotatable bonds is 5. The molecule has 1 fully saturated rings. The third kappa shape index (κ3) is 3.94. The lowest BCUT2D eigenvalue weighted by Gasteiger charge is -2.34. The molecule has 0 bridgehead atoms. The zero-order chi connectivity index (χ0) is 14.6. The van der Waals surface area contributed by atoms with Crippen LogP contribution in [0.25, 0.3) is 0 Å². The predicted octanol–water partition coefficient (Wildman–Crippen LogP) is 3.93. The molecule has 1 saturated carbocycles. The Labute approximate surface area is 122 Å². The molecule has 0 amide bonds. The molecule has 0 aliphatic heterocycles. The van der Waals surface area contributed by atoms with Gasteiger partial charge in [0.1, 0.15) is 0 Å². The van der Waals surface area contributed by atoms with E-state index in [0.29, 0.717) is 12.8 Å². The summed E-state index contributed by atoms with van der Waals surface area (Å²) < 4.78 is 0. The largest absolute Gasteiger partial charge is 0.390 e. The van der Waals surface area contributed by atoms with E-state index in [1.54, 1.807) is 0 Å². The minimum absolute atomic E-state index is 0.499. The highest BCUT2D eigenvalue weighted by atomic mass is 16.3. The van der Waals surface area contributed by atoms with E-state index in [4.69, 9.17) is 0 Å². The summed E-state index contributed by atoms with van der Waals surface area (Å²) in [7, 11) is 0. The molecule has 1 aliphatic carbocycles. The van der Waals surface area contributed by atoms with Crippen LogP contribution in [0.1, 0.15) is 57.4 Å². The van der Waals surface area contributed by atoms with E-state index in [2.05, 4.69) is 6.58 Å². The summed E-state index contributed by atoms with van der Waals surface area (Å²) in [6.07, 6.45) is 6.24. The van der Waals surface area contributed by atoms with Crippen LogP contribution in [0.4, 0.5) is 0 Å². The van der Waals surface area contributed by atoms with Gasteiger partial charge in [-0.2, -0.15) is 0 Å². The summed E-state index contributed by atoms with van der Waals surface area (Å²) in [5, 5.41) is 21.2. The SMILES string of the molecule is C=C(CC1(O)CCCCC1)CC(C)(O)c1ccccc1. The van der Waals surface area contributed by atoms with Crippen molar-refractivity contribution in [3.63, 3.8) is 0 Å². The lowest BCUT2D eigenvalue weighted by molar-refractivity contribution is -0.000968. The molecule has 1 unspecified atom stereocenters. The lowest BCUT2D eigenvalue weighted by atomic mass is 9.78. The van der Waals surface area contributed by atoms with Gasteiger partial charge in [0, 0.05) is 6.42 Å². The van der Waals surface area contributed by atoms with Crippen LogP contribution >= 0.6 is 0 Å². The van der Waals surface area contributed by atoms with Crippen molar-refractivity contribution in [1.82, 2.24) is 0 Å². The van der Waals surface area contributed by atoms with E-state index >= 15 is 0 Å². The van der Waals surface area contributed by atoms with Crippen molar-refractivity contribution in [3.8, 4) is 0 Å². The van der Waals surface area contributed by atoms with E-state index < -0.39 is 11.2 Å². The van der Waals surface area contributed by atoms with Crippen molar-refractivity contribution in [2.24, 2.45) is 0 Å². The van der Waals surface area contributed by atoms with Crippen LogP contribution in [-0.4, -0.2) is 15.8 Å². The minimum atomic E-state index is -0.913. The molecule has 2 nitrogen and oxygen atoms in total. The van der Waals surface area contributed by atoms with Crippen LogP contribution in [0, 0.1) is 0 Å². The van der Waals surface area contributed by atoms with Gasteiger partial charge >= 0.3 is 0 Å². The molecule has 1 aromatic carbocycles. The fourth-order valence-electron chi connectivity index (χ4n) is 3.30. The van der Waals surface area contributed by atoms with E-state index in [1.807, 2.05) is 37.3 Å². The third-order valence-electron chi connectivity index (χ3n) is 4.35. The first-order valence-corrected chi connectivity index (χ1v) is 7.58. The van der Waals surface area contributed by atoms with Gasteiger partial charge in [0.05, 0.1) is 11.2 Å². The van der Waals surface area contributed by atoms with Crippen molar-refractivity contribution in [2.45, 2.75) is 63.1 Å². The summed E-state index contributed by atoms with van der Waals surface area (Å²) in [6, 6.07) is 9.67. The molecule has 110 valence electrons. The summed E-state index contributed by atoms with van der Waals surface area (Å²) in [5.74, 6) is 0. The van der Waals surface area contributed by atoms with Gasteiger partial charge in [0.2, 0.25) is 0 Å². The molecule has 1 aliphatic rings. The van der Waals surface area contributed by atoms with Gasteiger partial charge in [-0.25, -0.2) is 0 Å².